The molecule has 0 unspecified atom stereocenters. The van der Waals surface area contributed by atoms with E-state index in [4.69, 9.17) is 10.2 Å². The van der Waals surface area contributed by atoms with E-state index in [1.54, 1.807) is 18.7 Å². The van der Waals surface area contributed by atoms with E-state index in [0.717, 1.165) is 12.0 Å². The summed E-state index contributed by atoms with van der Waals surface area (Å²) >= 11 is 0. The fraction of sp³-hybridized carbons (Fsp3) is 0.375. The highest BCUT2D eigenvalue weighted by atomic mass is 16.4. The summed E-state index contributed by atoms with van der Waals surface area (Å²) < 4.78 is 5.44. The third kappa shape index (κ3) is 3.62. The number of hydrogen-bond acceptors (Lipinski definition) is 4. The number of benzene rings is 1. The first kappa shape index (κ1) is 15.1. The molecule has 5 nitrogen and oxygen atoms in total. The van der Waals surface area contributed by atoms with Crippen molar-refractivity contribution in [3.63, 3.8) is 0 Å². The van der Waals surface area contributed by atoms with Crippen molar-refractivity contribution in [2.24, 2.45) is 0 Å². The lowest BCUT2D eigenvalue weighted by molar-refractivity contribution is 0.0708. The van der Waals surface area contributed by atoms with Crippen LogP contribution in [0, 0.1) is 13.8 Å². The molecule has 1 aromatic carbocycles. The number of aromatic nitrogens is 1. The highest BCUT2D eigenvalue weighted by Gasteiger charge is 2.22. The molecule has 21 heavy (non-hydrogen) atoms. The Morgan fingerprint density at radius 1 is 1.29 bits per heavy atom. The van der Waals surface area contributed by atoms with E-state index < -0.39 is 0 Å². The summed E-state index contributed by atoms with van der Waals surface area (Å²) in [4.78, 5) is 18.5. The summed E-state index contributed by atoms with van der Waals surface area (Å²) in [5, 5.41) is 0. The molecule has 0 aliphatic carbocycles. The number of carbonyl (C=O) groups excluding carboxylic acids is 1. The molecule has 2 rings (SSSR count). The van der Waals surface area contributed by atoms with Gasteiger partial charge < -0.3 is 15.1 Å². The largest absolute Gasteiger partial charge is 0.436 e. The molecule has 0 radical (unpaired) electrons. The minimum absolute atomic E-state index is 0.119. The van der Waals surface area contributed by atoms with Crippen molar-refractivity contribution in [2.75, 3.05) is 12.3 Å². The van der Waals surface area contributed by atoms with E-state index in [9.17, 15) is 4.79 Å². The third-order valence-electron chi connectivity index (χ3n) is 3.23. The Morgan fingerprint density at radius 3 is 2.48 bits per heavy atom. The van der Waals surface area contributed by atoms with Gasteiger partial charge in [-0.25, -0.2) is 4.98 Å². The molecule has 0 spiro atoms. The Kier molecular flexibility index (Phi) is 4.62. The second-order valence-corrected chi connectivity index (χ2v) is 5.12. The number of aryl methyl sites for hydroxylation is 2. The third-order valence-corrected chi connectivity index (χ3v) is 3.23. The molecular weight excluding hydrogens is 266 g/mol. The maximum absolute atomic E-state index is 12.6. The van der Waals surface area contributed by atoms with Gasteiger partial charge in [-0.3, -0.25) is 4.79 Å². The van der Waals surface area contributed by atoms with Crippen LogP contribution < -0.4 is 5.73 Å². The number of oxazole rings is 1. The lowest BCUT2D eigenvalue weighted by Crippen LogP contribution is -2.31. The van der Waals surface area contributed by atoms with E-state index in [2.05, 4.69) is 4.98 Å². The summed E-state index contributed by atoms with van der Waals surface area (Å²) in [6.07, 6.45) is 0.882. The molecule has 1 amide bonds. The molecule has 1 aromatic heterocycles. The quantitative estimate of drug-likeness (QED) is 0.858. The van der Waals surface area contributed by atoms with E-state index >= 15 is 0 Å². The minimum Gasteiger partial charge on any atom is -0.436 e. The zero-order valence-corrected chi connectivity index (χ0v) is 12.7. The lowest BCUT2D eigenvalue weighted by atomic mass is 10.2. The number of rotatable bonds is 5. The van der Waals surface area contributed by atoms with Crippen molar-refractivity contribution in [1.29, 1.82) is 0 Å². The number of carbonyl (C=O) groups is 1. The summed E-state index contributed by atoms with van der Waals surface area (Å²) in [5.74, 6) is 0.725. The zero-order valence-electron chi connectivity index (χ0n) is 12.7. The van der Waals surface area contributed by atoms with Gasteiger partial charge in [-0.1, -0.05) is 19.1 Å². The van der Waals surface area contributed by atoms with E-state index in [1.807, 2.05) is 31.2 Å². The average Bonchev–Trinajstić information content (AvgIpc) is 2.79. The van der Waals surface area contributed by atoms with Crippen molar-refractivity contribution < 1.29 is 9.21 Å². The predicted molar refractivity (Wildman–Crippen MR) is 81.9 cm³/mol. The van der Waals surface area contributed by atoms with Crippen LogP contribution >= 0.6 is 0 Å². The second kappa shape index (κ2) is 6.43. The highest BCUT2D eigenvalue weighted by Crippen LogP contribution is 2.16. The maximum Gasteiger partial charge on any atom is 0.291 e. The van der Waals surface area contributed by atoms with Crippen molar-refractivity contribution in [2.45, 2.75) is 33.7 Å². The zero-order chi connectivity index (χ0) is 15.4. The van der Waals surface area contributed by atoms with Gasteiger partial charge in [0, 0.05) is 25.7 Å². The smallest absolute Gasteiger partial charge is 0.291 e. The van der Waals surface area contributed by atoms with Crippen LogP contribution in [0.2, 0.25) is 0 Å². The van der Waals surface area contributed by atoms with Crippen LogP contribution in [0.15, 0.2) is 28.7 Å². The Hall–Kier alpha value is -2.30. The van der Waals surface area contributed by atoms with Crippen molar-refractivity contribution in [1.82, 2.24) is 9.88 Å². The Morgan fingerprint density at radius 2 is 1.95 bits per heavy atom. The normalized spacial score (nSPS) is 10.6. The van der Waals surface area contributed by atoms with Crippen molar-refractivity contribution in [3.05, 3.63) is 47.2 Å². The van der Waals surface area contributed by atoms with Crippen LogP contribution in [0.25, 0.3) is 0 Å². The number of hydrogen-bond donors (Lipinski definition) is 1. The van der Waals surface area contributed by atoms with Crippen LogP contribution in [0.5, 0.6) is 0 Å². The standard InChI is InChI=1S/C16H21N3O2/c1-4-9-19(10-13-5-7-14(17)8-6-13)16(20)15-11(2)18-12(3)21-15/h5-8H,4,9-10,17H2,1-3H3. The van der Waals surface area contributed by atoms with Crippen LogP contribution in [0.3, 0.4) is 0 Å². The van der Waals surface area contributed by atoms with Gasteiger partial charge in [-0.05, 0) is 31.0 Å². The molecule has 0 fully saturated rings. The lowest BCUT2D eigenvalue weighted by Gasteiger charge is -2.21. The average molecular weight is 287 g/mol. The number of nitrogens with zero attached hydrogens (tertiary/aromatic N) is 2. The van der Waals surface area contributed by atoms with Gasteiger partial charge in [0.2, 0.25) is 5.76 Å². The highest BCUT2D eigenvalue weighted by molar-refractivity contribution is 5.92. The molecule has 0 saturated carbocycles. The van der Waals surface area contributed by atoms with Gasteiger partial charge in [0.1, 0.15) is 0 Å². The second-order valence-electron chi connectivity index (χ2n) is 5.12. The van der Waals surface area contributed by atoms with Gasteiger partial charge in [0.25, 0.3) is 5.91 Å². The molecule has 0 saturated heterocycles. The van der Waals surface area contributed by atoms with Crippen LogP contribution in [0.4, 0.5) is 5.69 Å². The monoisotopic (exact) mass is 287 g/mol. The summed E-state index contributed by atoms with van der Waals surface area (Å²) in [6, 6.07) is 7.55. The van der Waals surface area contributed by atoms with Crippen LogP contribution in [0.1, 0.15) is 41.0 Å². The minimum atomic E-state index is -0.119. The Bertz CT molecular complexity index is 617. The van der Waals surface area contributed by atoms with E-state index in [-0.39, 0.29) is 5.91 Å². The van der Waals surface area contributed by atoms with Crippen molar-refractivity contribution >= 4 is 11.6 Å². The number of anilines is 1. The maximum atomic E-state index is 12.6. The number of amides is 1. The van der Waals surface area contributed by atoms with Gasteiger partial charge in [0.15, 0.2) is 5.89 Å². The predicted octanol–water partition coefficient (Wildman–Crippen LogP) is 2.93. The first-order chi connectivity index (χ1) is 10.0. The van der Waals surface area contributed by atoms with Crippen LogP contribution in [-0.2, 0) is 6.54 Å². The molecule has 1 heterocycles. The molecule has 112 valence electrons. The van der Waals surface area contributed by atoms with Gasteiger partial charge in [-0.2, -0.15) is 0 Å². The first-order valence-corrected chi connectivity index (χ1v) is 7.09. The van der Waals surface area contributed by atoms with Crippen molar-refractivity contribution in [3.8, 4) is 0 Å². The fourth-order valence-electron chi connectivity index (χ4n) is 2.24. The van der Waals surface area contributed by atoms with E-state index in [0.29, 0.717) is 36.1 Å². The summed E-state index contributed by atoms with van der Waals surface area (Å²) in [5.41, 5.74) is 8.08. The van der Waals surface area contributed by atoms with Gasteiger partial charge in [0.05, 0.1) is 5.69 Å². The van der Waals surface area contributed by atoms with Gasteiger partial charge >= 0.3 is 0 Å². The van der Waals surface area contributed by atoms with Gasteiger partial charge in [-0.15, -0.1) is 0 Å². The van der Waals surface area contributed by atoms with Crippen LogP contribution in [-0.4, -0.2) is 22.3 Å². The first-order valence-electron chi connectivity index (χ1n) is 7.09. The summed E-state index contributed by atoms with van der Waals surface area (Å²) in [6.45, 7) is 6.78. The number of nitrogen functional groups attached to an aromatic ring is 1. The molecule has 0 bridgehead atoms. The molecule has 0 aliphatic heterocycles. The number of nitrogens with two attached hydrogens (primary N) is 1. The fourth-order valence-corrected chi connectivity index (χ4v) is 2.24. The molecule has 2 N–H and O–H groups in total. The molecule has 0 atom stereocenters. The molecular formula is C16H21N3O2. The molecule has 0 aliphatic rings. The molecule has 2 aromatic rings. The molecule has 5 heteroatoms. The Balaban J connectivity index is 2.20. The topological polar surface area (TPSA) is 72.4 Å². The van der Waals surface area contributed by atoms with E-state index in [1.165, 1.54) is 0 Å². The Labute approximate surface area is 124 Å². The SMILES string of the molecule is CCCN(Cc1ccc(N)cc1)C(=O)c1oc(C)nc1C. The summed E-state index contributed by atoms with van der Waals surface area (Å²) in [7, 11) is 0.